The molecule has 0 aliphatic carbocycles. The fraction of sp³-hybridized carbons (Fsp3) is 0.125. The summed E-state index contributed by atoms with van der Waals surface area (Å²) in [6, 6.07) is 16.4. The van der Waals surface area contributed by atoms with E-state index in [1.165, 1.54) is 23.5 Å². The predicted molar refractivity (Wildman–Crippen MR) is 142 cm³/mol. The van der Waals surface area contributed by atoms with Crippen molar-refractivity contribution in [3.8, 4) is 17.2 Å². The molecule has 4 aromatic rings. The fourth-order valence-electron chi connectivity index (χ4n) is 3.18. The summed E-state index contributed by atoms with van der Waals surface area (Å²) in [6.07, 6.45) is 1.56. The number of fused-ring (bicyclic) bond motifs is 1. The zero-order valence-corrected chi connectivity index (χ0v) is 22.4. The second-order valence-corrected chi connectivity index (χ2v) is 9.78. The van der Waals surface area contributed by atoms with Crippen molar-refractivity contribution in [2.24, 2.45) is 5.10 Å². The molecule has 0 bridgehead atoms. The molecule has 0 aliphatic heterocycles. The van der Waals surface area contributed by atoms with Crippen molar-refractivity contribution in [2.75, 3.05) is 26.3 Å². The number of ether oxygens (including phenoxy) is 3. The number of anilines is 1. The van der Waals surface area contributed by atoms with E-state index in [0.29, 0.717) is 33.5 Å². The Kier molecular flexibility index (Phi) is 7.50. The van der Waals surface area contributed by atoms with Crippen LogP contribution >= 0.6 is 43.2 Å². The molecule has 0 atom stereocenters. The van der Waals surface area contributed by atoms with Crippen LogP contribution in [0.2, 0.25) is 0 Å². The normalized spacial score (nSPS) is 11.1. The van der Waals surface area contributed by atoms with Crippen molar-refractivity contribution in [1.29, 1.82) is 0 Å². The van der Waals surface area contributed by atoms with Gasteiger partial charge >= 0.3 is 0 Å². The number of carbonyl (C=O) groups excluding carboxylic acids is 1. The van der Waals surface area contributed by atoms with Gasteiger partial charge in [0.25, 0.3) is 5.91 Å². The lowest BCUT2D eigenvalue weighted by Crippen LogP contribution is -2.25. The Bertz CT molecular complexity index is 1350. The Morgan fingerprint density at radius 2 is 1.59 bits per heavy atom. The molecule has 3 aromatic carbocycles. The van der Waals surface area contributed by atoms with Crippen molar-refractivity contribution in [2.45, 2.75) is 0 Å². The van der Waals surface area contributed by atoms with Gasteiger partial charge in [-0.25, -0.2) is 4.98 Å². The number of aromatic nitrogens is 1. The van der Waals surface area contributed by atoms with Gasteiger partial charge in [0.1, 0.15) is 0 Å². The maximum Gasteiger partial charge on any atom is 0.280 e. The molecule has 4 rings (SSSR count). The van der Waals surface area contributed by atoms with Crippen LogP contribution in [-0.4, -0.2) is 38.4 Å². The van der Waals surface area contributed by atoms with Gasteiger partial charge in [-0.15, -0.1) is 0 Å². The number of rotatable bonds is 7. The lowest BCUT2D eigenvalue weighted by Gasteiger charge is -2.15. The SMILES string of the molecule is COc1cc(/C=N/N(C(=O)c2ccc(Br)cc2)c2nc3ccc(Br)cc3s2)cc(OC)c1OC. The Morgan fingerprint density at radius 1 is 0.941 bits per heavy atom. The molecule has 0 spiro atoms. The summed E-state index contributed by atoms with van der Waals surface area (Å²) in [5.74, 6) is 1.13. The second-order valence-electron chi connectivity index (χ2n) is 6.94. The van der Waals surface area contributed by atoms with Crippen LogP contribution in [0.1, 0.15) is 15.9 Å². The minimum absolute atomic E-state index is 0.311. The number of methoxy groups -OCH3 is 3. The number of amides is 1. The van der Waals surface area contributed by atoms with Gasteiger partial charge in [0, 0.05) is 20.1 Å². The molecule has 1 heterocycles. The van der Waals surface area contributed by atoms with Crippen LogP contribution in [0.3, 0.4) is 0 Å². The van der Waals surface area contributed by atoms with Crippen molar-refractivity contribution < 1.29 is 19.0 Å². The predicted octanol–water partition coefficient (Wildman–Crippen LogP) is 6.53. The van der Waals surface area contributed by atoms with E-state index in [2.05, 4.69) is 41.9 Å². The summed E-state index contributed by atoms with van der Waals surface area (Å²) >= 11 is 8.26. The Balaban J connectivity index is 1.78. The van der Waals surface area contributed by atoms with Crippen LogP contribution in [0.5, 0.6) is 17.2 Å². The summed E-state index contributed by atoms with van der Waals surface area (Å²) < 4.78 is 19.0. The second kappa shape index (κ2) is 10.5. The lowest BCUT2D eigenvalue weighted by atomic mass is 10.2. The van der Waals surface area contributed by atoms with E-state index < -0.39 is 0 Å². The molecular formula is C24H19Br2N3O4S. The van der Waals surface area contributed by atoms with Crippen molar-refractivity contribution in [1.82, 2.24) is 4.98 Å². The largest absolute Gasteiger partial charge is 0.493 e. The molecule has 1 aromatic heterocycles. The third-order valence-corrected chi connectivity index (χ3v) is 6.83. The van der Waals surface area contributed by atoms with Gasteiger partial charge in [0.05, 0.1) is 37.8 Å². The molecule has 0 unspecified atom stereocenters. The maximum atomic E-state index is 13.5. The van der Waals surface area contributed by atoms with E-state index in [1.54, 1.807) is 44.7 Å². The highest BCUT2D eigenvalue weighted by atomic mass is 79.9. The monoisotopic (exact) mass is 603 g/mol. The molecule has 0 saturated heterocycles. The first-order chi connectivity index (χ1) is 16.4. The summed E-state index contributed by atoms with van der Waals surface area (Å²) in [6.45, 7) is 0. The molecule has 34 heavy (non-hydrogen) atoms. The number of halogens is 2. The maximum absolute atomic E-state index is 13.5. The summed E-state index contributed by atoms with van der Waals surface area (Å²) in [5.41, 5.74) is 1.91. The number of benzene rings is 3. The Labute approximate surface area is 217 Å². The van der Waals surface area contributed by atoms with E-state index in [-0.39, 0.29) is 5.91 Å². The van der Waals surface area contributed by atoms with Crippen molar-refractivity contribution in [3.05, 3.63) is 74.7 Å². The molecule has 0 N–H and O–H groups in total. The Hall–Kier alpha value is -2.95. The molecule has 0 fully saturated rings. The first-order valence-corrected chi connectivity index (χ1v) is 12.3. The highest BCUT2D eigenvalue weighted by molar-refractivity contribution is 9.10. The molecule has 174 valence electrons. The van der Waals surface area contributed by atoms with Gasteiger partial charge in [0.2, 0.25) is 10.9 Å². The molecule has 0 saturated carbocycles. The molecule has 0 radical (unpaired) electrons. The first kappa shape index (κ1) is 24.2. The third kappa shape index (κ3) is 5.08. The number of hydrogen-bond donors (Lipinski definition) is 0. The van der Waals surface area contributed by atoms with E-state index >= 15 is 0 Å². The summed E-state index contributed by atoms with van der Waals surface area (Å²) in [7, 11) is 4.62. The van der Waals surface area contributed by atoms with Gasteiger partial charge < -0.3 is 14.2 Å². The van der Waals surface area contributed by atoms with Crippen molar-refractivity contribution >= 4 is 70.7 Å². The van der Waals surface area contributed by atoms with Crippen LogP contribution in [0.15, 0.2) is 68.6 Å². The number of carbonyl (C=O) groups is 1. The smallest absolute Gasteiger partial charge is 0.280 e. The number of nitrogens with zero attached hydrogens (tertiary/aromatic N) is 3. The topological polar surface area (TPSA) is 73.2 Å². The fourth-order valence-corrected chi connectivity index (χ4v) is 4.92. The highest BCUT2D eigenvalue weighted by Crippen LogP contribution is 2.38. The Morgan fingerprint density at radius 3 is 2.21 bits per heavy atom. The van der Waals surface area contributed by atoms with E-state index in [0.717, 1.165) is 19.2 Å². The molecule has 7 nitrogen and oxygen atoms in total. The van der Waals surface area contributed by atoms with E-state index in [4.69, 9.17) is 14.2 Å². The van der Waals surface area contributed by atoms with Gasteiger partial charge in [0.15, 0.2) is 11.5 Å². The average molecular weight is 605 g/mol. The van der Waals surface area contributed by atoms with E-state index in [1.807, 2.05) is 30.3 Å². The van der Waals surface area contributed by atoms with Crippen LogP contribution in [0, 0.1) is 0 Å². The first-order valence-electron chi connectivity index (χ1n) is 9.93. The minimum Gasteiger partial charge on any atom is -0.493 e. The van der Waals surface area contributed by atoms with Crippen molar-refractivity contribution in [3.63, 3.8) is 0 Å². The zero-order chi connectivity index (χ0) is 24.2. The average Bonchev–Trinajstić information content (AvgIpc) is 3.26. The number of hydrazone groups is 1. The minimum atomic E-state index is -0.311. The molecule has 1 amide bonds. The molecular weight excluding hydrogens is 586 g/mol. The van der Waals surface area contributed by atoms with Crippen LogP contribution in [-0.2, 0) is 0 Å². The lowest BCUT2D eigenvalue weighted by molar-refractivity contribution is 0.0988. The third-order valence-electron chi connectivity index (χ3n) is 4.81. The van der Waals surface area contributed by atoms with Crippen LogP contribution in [0.25, 0.3) is 10.2 Å². The molecule has 0 aliphatic rings. The van der Waals surface area contributed by atoms with Gasteiger partial charge in [-0.05, 0) is 54.6 Å². The van der Waals surface area contributed by atoms with Gasteiger partial charge in [-0.2, -0.15) is 10.1 Å². The van der Waals surface area contributed by atoms with Crippen LogP contribution < -0.4 is 19.2 Å². The van der Waals surface area contributed by atoms with E-state index in [9.17, 15) is 4.79 Å². The quantitative estimate of drug-likeness (QED) is 0.177. The van der Waals surface area contributed by atoms with Crippen LogP contribution in [0.4, 0.5) is 5.13 Å². The zero-order valence-electron chi connectivity index (χ0n) is 18.4. The highest BCUT2D eigenvalue weighted by Gasteiger charge is 2.21. The standard InChI is InChI=1S/C24H19Br2N3O4S/c1-31-19-10-14(11-20(32-2)22(19)33-3)13-27-29(23(30)15-4-6-16(25)7-5-15)24-28-18-9-8-17(26)12-21(18)34-24/h4-13H,1-3H3/b27-13+. The molecule has 10 heteroatoms. The van der Waals surface area contributed by atoms with Gasteiger partial charge in [-0.3, -0.25) is 4.79 Å². The number of thiazole rings is 1. The van der Waals surface area contributed by atoms with Gasteiger partial charge in [-0.1, -0.05) is 43.2 Å². The summed E-state index contributed by atoms with van der Waals surface area (Å²) in [5, 5.41) is 6.26. The number of hydrogen-bond acceptors (Lipinski definition) is 7. The summed E-state index contributed by atoms with van der Waals surface area (Å²) in [4.78, 5) is 18.1.